The van der Waals surface area contributed by atoms with E-state index in [1.54, 1.807) is 0 Å². The van der Waals surface area contributed by atoms with E-state index in [4.69, 9.17) is 4.98 Å². The van der Waals surface area contributed by atoms with Gasteiger partial charge in [-0.1, -0.05) is 79.6 Å². The summed E-state index contributed by atoms with van der Waals surface area (Å²) < 4.78 is 2.25. The Morgan fingerprint density at radius 1 is 0.947 bits per heavy atom. The molecule has 0 aliphatic heterocycles. The third kappa shape index (κ3) is 5.82. The minimum atomic E-state index is -0.390. The topological polar surface area (TPSA) is 87.4 Å². The molecule has 5 rings (SSSR count). The number of hydrogen-bond acceptors (Lipinski definition) is 4. The van der Waals surface area contributed by atoms with Gasteiger partial charge >= 0.3 is 0 Å². The van der Waals surface area contributed by atoms with Crippen LogP contribution in [0.25, 0.3) is 11.0 Å². The Morgan fingerprint density at radius 2 is 1.68 bits per heavy atom. The average molecular weight is 512 g/mol. The summed E-state index contributed by atoms with van der Waals surface area (Å²) in [6.45, 7) is 0.745. The van der Waals surface area contributed by atoms with Gasteiger partial charge in [0.1, 0.15) is 5.82 Å². The smallest absolute Gasteiger partial charge is 0.224 e. The first-order valence-corrected chi connectivity index (χ1v) is 13.8. The van der Waals surface area contributed by atoms with Crippen molar-refractivity contribution in [2.75, 3.05) is 13.2 Å². The number of aromatic nitrogens is 2. The van der Waals surface area contributed by atoms with E-state index in [9.17, 15) is 15.0 Å². The zero-order valence-electron chi connectivity index (χ0n) is 21.8. The van der Waals surface area contributed by atoms with Gasteiger partial charge in [-0.2, -0.15) is 0 Å². The number of nitrogens with zero attached hydrogens (tertiary/aromatic N) is 2. The number of para-hydroxylation sites is 2. The number of hydrogen-bond donors (Lipinski definition) is 3. The van der Waals surface area contributed by atoms with Crippen LogP contribution in [0.4, 0.5) is 0 Å². The molecule has 38 heavy (non-hydrogen) atoms. The zero-order valence-corrected chi connectivity index (χ0v) is 21.8. The molecule has 1 aliphatic carbocycles. The van der Waals surface area contributed by atoms with E-state index in [-0.39, 0.29) is 31.0 Å². The first-order chi connectivity index (χ1) is 18.7. The van der Waals surface area contributed by atoms with Crippen molar-refractivity contribution in [3.8, 4) is 0 Å². The molecule has 0 saturated heterocycles. The molecule has 1 saturated carbocycles. The van der Waals surface area contributed by atoms with Gasteiger partial charge < -0.3 is 20.1 Å². The fraction of sp³-hybridized carbons (Fsp3) is 0.375. The third-order valence-electron chi connectivity index (χ3n) is 7.84. The van der Waals surface area contributed by atoms with Crippen molar-refractivity contribution < 1.29 is 15.0 Å². The highest BCUT2D eigenvalue weighted by Crippen LogP contribution is 2.38. The van der Waals surface area contributed by atoms with Crippen molar-refractivity contribution in [2.45, 2.75) is 57.0 Å². The molecule has 1 heterocycles. The number of nitrogens with one attached hydrogen (secondary N) is 1. The predicted octanol–water partition coefficient (Wildman–Crippen LogP) is 5.13. The molecule has 0 radical (unpaired) electrons. The molecule has 1 fully saturated rings. The van der Waals surface area contributed by atoms with E-state index in [0.717, 1.165) is 54.5 Å². The fourth-order valence-corrected chi connectivity index (χ4v) is 5.82. The second-order valence-corrected chi connectivity index (χ2v) is 10.3. The maximum absolute atomic E-state index is 13.4. The highest BCUT2D eigenvalue weighted by molar-refractivity contribution is 5.80. The molecule has 198 valence electrons. The maximum atomic E-state index is 13.4. The van der Waals surface area contributed by atoms with Gasteiger partial charge in [0.15, 0.2) is 0 Å². The van der Waals surface area contributed by atoms with Crippen LogP contribution in [0.3, 0.4) is 0 Å². The summed E-state index contributed by atoms with van der Waals surface area (Å²) >= 11 is 0. The monoisotopic (exact) mass is 511 g/mol. The first kappa shape index (κ1) is 26.1. The number of fused-ring (bicyclic) bond motifs is 1. The molecule has 1 aliphatic rings. The van der Waals surface area contributed by atoms with Gasteiger partial charge in [0, 0.05) is 25.5 Å². The summed E-state index contributed by atoms with van der Waals surface area (Å²) in [5.74, 6) is 1.09. The van der Waals surface area contributed by atoms with E-state index in [0.29, 0.717) is 13.0 Å². The predicted molar refractivity (Wildman–Crippen MR) is 150 cm³/mol. The number of aryl methyl sites for hydroxylation is 1. The van der Waals surface area contributed by atoms with Gasteiger partial charge in [-0.05, 0) is 54.0 Å². The lowest BCUT2D eigenvalue weighted by atomic mass is 9.74. The highest BCUT2D eigenvalue weighted by Gasteiger charge is 2.33. The molecule has 1 aromatic heterocycles. The SMILES string of the molecule is O=C(N[C@H](CO)c1ccccc1)[C@@H]1CCCCC1c1ccc(Cn2c(CCCO)nc3ccccc32)cc1. The molecule has 6 heteroatoms. The number of amides is 1. The molecular weight excluding hydrogens is 474 g/mol. The maximum Gasteiger partial charge on any atom is 0.224 e. The van der Waals surface area contributed by atoms with Gasteiger partial charge in [0.05, 0.1) is 23.7 Å². The van der Waals surface area contributed by atoms with Gasteiger partial charge in [-0.15, -0.1) is 0 Å². The number of aliphatic hydroxyl groups is 2. The number of carbonyl (C=O) groups is 1. The number of benzene rings is 3. The van der Waals surface area contributed by atoms with Gasteiger partial charge in [-0.25, -0.2) is 4.98 Å². The number of carbonyl (C=O) groups excluding carboxylic acids is 1. The van der Waals surface area contributed by atoms with E-state index in [2.05, 4.69) is 40.2 Å². The van der Waals surface area contributed by atoms with Crippen LogP contribution in [-0.2, 0) is 17.8 Å². The molecule has 1 unspecified atom stereocenters. The lowest BCUT2D eigenvalue weighted by Crippen LogP contribution is -2.39. The van der Waals surface area contributed by atoms with Crippen LogP contribution >= 0.6 is 0 Å². The summed E-state index contributed by atoms with van der Waals surface area (Å²) in [6.07, 6.45) is 5.44. The molecular formula is C32H37N3O3. The standard InChI is InChI=1S/C32H37N3O3/c36-20-8-15-31-33-28-13-6-7-14-30(28)35(31)21-23-16-18-24(19-17-23)26-11-4-5-12-27(26)32(38)34-29(22-37)25-9-2-1-3-10-25/h1-3,6-7,9-10,13-14,16-19,26-27,29,36-37H,4-5,8,11-12,15,20-22H2,(H,34,38)/t26?,27-,29-/m1/s1. The third-order valence-corrected chi connectivity index (χ3v) is 7.84. The van der Waals surface area contributed by atoms with E-state index in [1.165, 1.54) is 11.1 Å². The van der Waals surface area contributed by atoms with Crippen molar-refractivity contribution in [3.63, 3.8) is 0 Å². The normalized spacial score (nSPS) is 18.4. The Kier molecular flexibility index (Phi) is 8.51. The van der Waals surface area contributed by atoms with Crippen molar-refractivity contribution >= 4 is 16.9 Å². The number of aliphatic hydroxyl groups excluding tert-OH is 2. The fourth-order valence-electron chi connectivity index (χ4n) is 5.82. The van der Waals surface area contributed by atoms with Crippen molar-refractivity contribution in [1.29, 1.82) is 0 Å². The van der Waals surface area contributed by atoms with Gasteiger partial charge in [-0.3, -0.25) is 4.79 Å². The van der Waals surface area contributed by atoms with Crippen molar-refractivity contribution in [2.24, 2.45) is 5.92 Å². The Labute approximate surface area is 224 Å². The number of imidazole rings is 1. The largest absolute Gasteiger partial charge is 0.396 e. The lowest BCUT2D eigenvalue weighted by molar-refractivity contribution is -0.127. The molecule has 4 aromatic rings. The Balaban J connectivity index is 1.32. The summed E-state index contributed by atoms with van der Waals surface area (Å²) in [5.41, 5.74) is 5.38. The van der Waals surface area contributed by atoms with Crippen LogP contribution in [0, 0.1) is 5.92 Å². The quantitative estimate of drug-likeness (QED) is 0.275. The first-order valence-electron chi connectivity index (χ1n) is 13.8. The molecule has 3 atom stereocenters. The number of rotatable bonds is 10. The van der Waals surface area contributed by atoms with E-state index >= 15 is 0 Å². The van der Waals surface area contributed by atoms with Crippen LogP contribution in [-0.4, -0.2) is 38.9 Å². The lowest BCUT2D eigenvalue weighted by Gasteiger charge is -2.32. The van der Waals surface area contributed by atoms with Crippen LogP contribution in [0.5, 0.6) is 0 Å². The molecule has 6 nitrogen and oxygen atoms in total. The molecule has 3 N–H and O–H groups in total. The second-order valence-electron chi connectivity index (χ2n) is 10.3. The van der Waals surface area contributed by atoms with Crippen LogP contribution in [0.1, 0.15) is 66.6 Å². The van der Waals surface area contributed by atoms with Gasteiger partial charge in [0.25, 0.3) is 0 Å². The van der Waals surface area contributed by atoms with Crippen LogP contribution in [0.2, 0.25) is 0 Å². The highest BCUT2D eigenvalue weighted by atomic mass is 16.3. The minimum absolute atomic E-state index is 0.0279. The van der Waals surface area contributed by atoms with E-state index in [1.807, 2.05) is 48.5 Å². The Hall–Kier alpha value is -3.48. The minimum Gasteiger partial charge on any atom is -0.396 e. The molecule has 0 bridgehead atoms. The second kappa shape index (κ2) is 12.4. The summed E-state index contributed by atoms with van der Waals surface area (Å²) in [7, 11) is 0. The summed E-state index contributed by atoms with van der Waals surface area (Å²) in [5, 5.41) is 22.4. The van der Waals surface area contributed by atoms with Gasteiger partial charge in [0.2, 0.25) is 5.91 Å². The summed E-state index contributed by atoms with van der Waals surface area (Å²) in [4.78, 5) is 18.2. The van der Waals surface area contributed by atoms with Crippen LogP contribution in [0.15, 0.2) is 78.9 Å². The Bertz CT molecular complexity index is 1330. The average Bonchev–Trinajstić information content (AvgIpc) is 3.32. The molecule has 3 aromatic carbocycles. The molecule has 0 spiro atoms. The van der Waals surface area contributed by atoms with Crippen molar-refractivity contribution in [1.82, 2.24) is 14.9 Å². The molecule has 1 amide bonds. The van der Waals surface area contributed by atoms with Crippen LogP contribution < -0.4 is 5.32 Å². The van der Waals surface area contributed by atoms with E-state index < -0.39 is 6.04 Å². The Morgan fingerprint density at radius 3 is 2.45 bits per heavy atom. The zero-order chi connectivity index (χ0) is 26.3. The van der Waals surface area contributed by atoms with Crippen molar-refractivity contribution in [3.05, 3.63) is 101 Å². The summed E-state index contributed by atoms with van der Waals surface area (Å²) in [6, 6.07) is 26.2.